The van der Waals surface area contributed by atoms with Gasteiger partial charge in [-0.2, -0.15) is 4.80 Å². The van der Waals surface area contributed by atoms with Gasteiger partial charge in [-0.25, -0.2) is 0 Å². The first-order valence-electron chi connectivity index (χ1n) is 13.7. The standard InChI is InChI=1S/C32H35N7O2/c1-37(2)30(41)32(26-14-8-4-9-15-26,27-16-10-5-11-17-27)20-23-38-21-18-31(19-22-38,25-12-6-3-7-13-25)29-34-36-39(35-29)24-28(33)40/h3-17,20,23H,18-19,21-22,24H2,1-2H3,(H2,33,40)/b23-20+. The molecule has 0 spiro atoms. The van der Waals surface area contributed by atoms with E-state index >= 15 is 0 Å². The van der Waals surface area contributed by atoms with E-state index in [-0.39, 0.29) is 12.5 Å². The number of nitrogens with two attached hydrogens (primary N) is 1. The highest BCUT2D eigenvalue weighted by Crippen LogP contribution is 2.41. The zero-order valence-electron chi connectivity index (χ0n) is 23.4. The van der Waals surface area contributed by atoms with Gasteiger partial charge in [0.1, 0.15) is 12.0 Å². The molecule has 210 valence electrons. The Kier molecular flexibility index (Phi) is 7.96. The third-order valence-electron chi connectivity index (χ3n) is 7.89. The molecular weight excluding hydrogens is 514 g/mol. The molecular formula is C32H35N7O2. The number of carbonyl (C=O) groups excluding carboxylic acids is 2. The summed E-state index contributed by atoms with van der Waals surface area (Å²) in [5, 5.41) is 13.0. The van der Waals surface area contributed by atoms with Crippen molar-refractivity contribution in [1.29, 1.82) is 0 Å². The number of nitrogens with zero attached hydrogens (tertiary/aromatic N) is 6. The van der Waals surface area contributed by atoms with Crippen molar-refractivity contribution in [3.63, 3.8) is 0 Å². The third-order valence-corrected chi connectivity index (χ3v) is 7.89. The molecule has 1 fully saturated rings. The van der Waals surface area contributed by atoms with Crippen molar-refractivity contribution < 1.29 is 9.59 Å². The first-order chi connectivity index (χ1) is 19.8. The van der Waals surface area contributed by atoms with E-state index in [0.29, 0.717) is 18.9 Å². The molecule has 5 rings (SSSR count). The summed E-state index contributed by atoms with van der Waals surface area (Å²) in [5.74, 6) is 0.0478. The molecule has 1 aliphatic rings. The lowest BCUT2D eigenvalue weighted by Crippen LogP contribution is -2.45. The Morgan fingerprint density at radius 1 is 0.902 bits per heavy atom. The highest BCUT2D eigenvalue weighted by molar-refractivity contribution is 5.94. The average molecular weight is 550 g/mol. The van der Waals surface area contributed by atoms with Crippen molar-refractivity contribution in [3.05, 3.63) is 126 Å². The van der Waals surface area contributed by atoms with Gasteiger partial charge >= 0.3 is 0 Å². The van der Waals surface area contributed by atoms with Gasteiger partial charge in [0.05, 0.1) is 5.41 Å². The van der Waals surface area contributed by atoms with E-state index < -0.39 is 16.7 Å². The van der Waals surface area contributed by atoms with Crippen molar-refractivity contribution in [2.75, 3.05) is 27.2 Å². The number of likely N-dealkylation sites (tertiary alicyclic amines) is 1. The molecule has 0 bridgehead atoms. The summed E-state index contributed by atoms with van der Waals surface area (Å²) < 4.78 is 0. The summed E-state index contributed by atoms with van der Waals surface area (Å²) in [7, 11) is 3.59. The summed E-state index contributed by atoms with van der Waals surface area (Å²) in [4.78, 5) is 30.6. The van der Waals surface area contributed by atoms with E-state index in [1.807, 2.05) is 84.9 Å². The number of benzene rings is 3. The lowest BCUT2D eigenvalue weighted by Gasteiger charge is -2.40. The number of tetrazole rings is 1. The van der Waals surface area contributed by atoms with Crippen LogP contribution in [0.4, 0.5) is 0 Å². The minimum absolute atomic E-state index is 0.0166. The van der Waals surface area contributed by atoms with Crippen LogP contribution in [-0.4, -0.2) is 69.0 Å². The van der Waals surface area contributed by atoms with Gasteiger partial charge in [-0.3, -0.25) is 9.59 Å². The molecule has 3 aromatic carbocycles. The molecule has 4 aromatic rings. The van der Waals surface area contributed by atoms with Crippen molar-refractivity contribution in [1.82, 2.24) is 30.0 Å². The predicted octanol–water partition coefficient (Wildman–Crippen LogP) is 3.13. The minimum atomic E-state index is -0.987. The van der Waals surface area contributed by atoms with Gasteiger partial charge in [-0.05, 0) is 47.0 Å². The first-order valence-corrected chi connectivity index (χ1v) is 13.7. The largest absolute Gasteiger partial charge is 0.378 e. The van der Waals surface area contributed by atoms with Crippen molar-refractivity contribution in [3.8, 4) is 0 Å². The molecule has 0 unspecified atom stereocenters. The maximum atomic E-state index is 14.0. The number of rotatable bonds is 9. The number of carbonyl (C=O) groups is 2. The zero-order chi connectivity index (χ0) is 28.9. The molecule has 1 aromatic heterocycles. The van der Waals surface area contributed by atoms with Crippen LogP contribution in [0, 0.1) is 0 Å². The second-order valence-electron chi connectivity index (χ2n) is 10.6. The summed E-state index contributed by atoms with van der Waals surface area (Å²) in [6, 6.07) is 30.0. The third kappa shape index (κ3) is 5.48. The van der Waals surface area contributed by atoms with Crippen LogP contribution in [0.5, 0.6) is 0 Å². The van der Waals surface area contributed by atoms with Crippen LogP contribution in [-0.2, 0) is 27.0 Å². The van der Waals surface area contributed by atoms with Gasteiger partial charge in [0.15, 0.2) is 5.82 Å². The quantitative estimate of drug-likeness (QED) is 0.344. The van der Waals surface area contributed by atoms with Crippen LogP contribution in [0.25, 0.3) is 0 Å². The van der Waals surface area contributed by atoms with E-state index in [1.54, 1.807) is 19.0 Å². The Morgan fingerprint density at radius 2 is 1.44 bits per heavy atom. The number of likely N-dealkylation sites (N-methyl/N-ethyl adjacent to an activating group) is 1. The molecule has 1 saturated heterocycles. The molecule has 1 aliphatic heterocycles. The number of aromatic nitrogens is 4. The molecule has 0 saturated carbocycles. The smallest absolute Gasteiger partial charge is 0.241 e. The number of amides is 2. The Hall–Kier alpha value is -4.79. The monoisotopic (exact) mass is 549 g/mol. The van der Waals surface area contributed by atoms with Crippen LogP contribution < -0.4 is 5.73 Å². The molecule has 9 nitrogen and oxygen atoms in total. The Labute approximate surface area is 240 Å². The van der Waals surface area contributed by atoms with E-state index in [0.717, 1.165) is 29.5 Å². The fourth-order valence-electron chi connectivity index (χ4n) is 5.74. The van der Waals surface area contributed by atoms with Gasteiger partial charge < -0.3 is 15.5 Å². The van der Waals surface area contributed by atoms with Gasteiger partial charge in [-0.1, -0.05) is 91.0 Å². The van der Waals surface area contributed by atoms with E-state index in [1.165, 1.54) is 4.80 Å². The maximum Gasteiger partial charge on any atom is 0.241 e. The fourth-order valence-corrected chi connectivity index (χ4v) is 5.74. The number of primary amides is 1. The van der Waals surface area contributed by atoms with Gasteiger partial charge in [0.2, 0.25) is 11.8 Å². The molecule has 0 radical (unpaired) electrons. The van der Waals surface area contributed by atoms with Crippen LogP contribution in [0.1, 0.15) is 35.4 Å². The normalized spacial score (nSPS) is 15.1. The molecule has 9 heteroatoms. The molecule has 2 heterocycles. The Bertz CT molecular complexity index is 1450. The SMILES string of the molecule is CN(C)C(=O)C(/C=C/N1CCC(c2ccccc2)(c2nnn(CC(N)=O)n2)CC1)(c1ccccc1)c1ccccc1. The highest BCUT2D eigenvalue weighted by atomic mass is 16.2. The summed E-state index contributed by atoms with van der Waals surface area (Å²) in [6.45, 7) is 1.31. The van der Waals surface area contributed by atoms with Crippen molar-refractivity contribution >= 4 is 11.8 Å². The zero-order valence-corrected chi connectivity index (χ0v) is 23.4. The summed E-state index contributed by atoms with van der Waals surface area (Å²) >= 11 is 0. The van der Waals surface area contributed by atoms with Crippen LogP contribution >= 0.6 is 0 Å². The highest BCUT2D eigenvalue weighted by Gasteiger charge is 2.43. The predicted molar refractivity (Wildman–Crippen MR) is 157 cm³/mol. The number of hydrogen-bond donors (Lipinski definition) is 1. The van der Waals surface area contributed by atoms with Crippen molar-refractivity contribution in [2.45, 2.75) is 30.2 Å². The van der Waals surface area contributed by atoms with Crippen LogP contribution in [0.15, 0.2) is 103 Å². The first kappa shape index (κ1) is 27.8. The number of hydrogen-bond acceptors (Lipinski definition) is 6. The van der Waals surface area contributed by atoms with Gasteiger partial charge in [0, 0.05) is 27.2 Å². The molecule has 2 N–H and O–H groups in total. The molecule has 41 heavy (non-hydrogen) atoms. The minimum Gasteiger partial charge on any atom is -0.378 e. The molecule has 0 atom stereocenters. The topological polar surface area (TPSA) is 110 Å². The van der Waals surface area contributed by atoms with Crippen LogP contribution in [0.3, 0.4) is 0 Å². The molecule has 0 aliphatic carbocycles. The van der Waals surface area contributed by atoms with Crippen molar-refractivity contribution in [2.24, 2.45) is 5.73 Å². The summed E-state index contributed by atoms with van der Waals surface area (Å²) in [5.41, 5.74) is 6.83. The van der Waals surface area contributed by atoms with E-state index in [4.69, 9.17) is 5.73 Å². The second kappa shape index (κ2) is 11.8. The van der Waals surface area contributed by atoms with Gasteiger partial charge in [-0.15, -0.1) is 10.2 Å². The average Bonchev–Trinajstić information content (AvgIpc) is 3.47. The fraction of sp³-hybridized carbons (Fsp3) is 0.281. The summed E-state index contributed by atoms with van der Waals surface area (Å²) in [6.07, 6.45) is 5.56. The van der Waals surface area contributed by atoms with E-state index in [2.05, 4.69) is 38.6 Å². The van der Waals surface area contributed by atoms with Gasteiger partial charge in [0.25, 0.3) is 0 Å². The van der Waals surface area contributed by atoms with E-state index in [9.17, 15) is 9.59 Å². The second-order valence-corrected chi connectivity index (χ2v) is 10.6. The van der Waals surface area contributed by atoms with Crippen LogP contribution in [0.2, 0.25) is 0 Å². The lowest BCUT2D eigenvalue weighted by molar-refractivity contribution is -0.131. The maximum absolute atomic E-state index is 14.0. The Balaban J connectivity index is 1.49. The number of piperidine rings is 1. The molecule has 2 amide bonds. The Morgan fingerprint density at radius 3 is 1.95 bits per heavy atom. The lowest BCUT2D eigenvalue weighted by atomic mass is 9.71.